The van der Waals surface area contributed by atoms with Crippen molar-refractivity contribution >= 4 is 43.5 Å². The SMILES string of the molecule is CC[C@@H](C(=O)NC(C)C)N(Cc1cccc(C)c1)C(=O)CN(c1cccc(Br)c1)S(=O)(=O)c1ccc(C)cc1. The minimum absolute atomic E-state index is 0.0794. The number of hydrogen-bond acceptors (Lipinski definition) is 4. The molecule has 0 spiro atoms. The average molecular weight is 615 g/mol. The molecule has 0 aromatic heterocycles. The van der Waals surface area contributed by atoms with E-state index in [0.29, 0.717) is 16.6 Å². The van der Waals surface area contributed by atoms with E-state index in [2.05, 4.69) is 21.2 Å². The Hall–Kier alpha value is -3.17. The Morgan fingerprint density at radius 2 is 1.59 bits per heavy atom. The van der Waals surface area contributed by atoms with Crippen LogP contribution in [0.1, 0.15) is 43.9 Å². The molecule has 0 bridgehead atoms. The zero-order chi connectivity index (χ0) is 28.7. The van der Waals surface area contributed by atoms with Crippen LogP contribution in [-0.4, -0.2) is 43.8 Å². The predicted molar refractivity (Wildman–Crippen MR) is 159 cm³/mol. The zero-order valence-electron chi connectivity index (χ0n) is 23.0. The number of hydrogen-bond donors (Lipinski definition) is 1. The summed E-state index contributed by atoms with van der Waals surface area (Å²) in [4.78, 5) is 28.8. The fraction of sp³-hybridized carbons (Fsp3) is 0.333. The van der Waals surface area contributed by atoms with Crippen LogP contribution < -0.4 is 9.62 Å². The lowest BCUT2D eigenvalue weighted by Crippen LogP contribution is -2.53. The minimum atomic E-state index is -4.10. The third-order valence-corrected chi connectivity index (χ3v) is 8.52. The third-order valence-electron chi connectivity index (χ3n) is 6.24. The molecule has 9 heteroatoms. The van der Waals surface area contributed by atoms with Crippen molar-refractivity contribution in [3.8, 4) is 0 Å². The number of anilines is 1. The Balaban J connectivity index is 2.07. The summed E-state index contributed by atoms with van der Waals surface area (Å²) in [6.45, 7) is 9.10. The molecule has 0 aliphatic heterocycles. The van der Waals surface area contributed by atoms with Gasteiger partial charge in [-0.05, 0) is 70.0 Å². The monoisotopic (exact) mass is 613 g/mol. The highest BCUT2D eigenvalue weighted by Gasteiger charge is 2.34. The second-order valence-corrected chi connectivity index (χ2v) is 12.7. The lowest BCUT2D eigenvalue weighted by Gasteiger charge is -2.33. The van der Waals surface area contributed by atoms with Crippen molar-refractivity contribution < 1.29 is 18.0 Å². The van der Waals surface area contributed by atoms with E-state index in [9.17, 15) is 18.0 Å². The highest BCUT2D eigenvalue weighted by atomic mass is 79.9. The number of rotatable bonds is 11. The van der Waals surface area contributed by atoms with Crippen LogP contribution in [0, 0.1) is 13.8 Å². The molecule has 0 fully saturated rings. The minimum Gasteiger partial charge on any atom is -0.352 e. The van der Waals surface area contributed by atoms with Gasteiger partial charge < -0.3 is 10.2 Å². The van der Waals surface area contributed by atoms with Gasteiger partial charge in [0.05, 0.1) is 10.6 Å². The fourth-order valence-corrected chi connectivity index (χ4v) is 6.10. The molecule has 3 aromatic carbocycles. The van der Waals surface area contributed by atoms with E-state index in [1.165, 1.54) is 17.0 Å². The maximum absolute atomic E-state index is 14.1. The van der Waals surface area contributed by atoms with Crippen molar-refractivity contribution in [1.82, 2.24) is 10.2 Å². The third kappa shape index (κ3) is 7.92. The van der Waals surface area contributed by atoms with Gasteiger partial charge in [-0.25, -0.2) is 8.42 Å². The number of carbonyl (C=O) groups excluding carboxylic acids is 2. The molecule has 0 unspecified atom stereocenters. The van der Waals surface area contributed by atoms with Gasteiger partial charge >= 0.3 is 0 Å². The highest BCUT2D eigenvalue weighted by Crippen LogP contribution is 2.27. The summed E-state index contributed by atoms with van der Waals surface area (Å²) in [5, 5.41) is 2.91. The van der Waals surface area contributed by atoms with Crippen molar-refractivity contribution in [1.29, 1.82) is 0 Å². The molecule has 7 nitrogen and oxygen atoms in total. The second kappa shape index (κ2) is 13.3. The molecule has 3 rings (SSSR count). The fourth-order valence-electron chi connectivity index (χ4n) is 4.30. The molecule has 39 heavy (non-hydrogen) atoms. The molecule has 0 heterocycles. The largest absolute Gasteiger partial charge is 0.352 e. The van der Waals surface area contributed by atoms with Crippen LogP contribution in [0.5, 0.6) is 0 Å². The number of nitrogens with one attached hydrogen (secondary N) is 1. The molecule has 208 valence electrons. The van der Waals surface area contributed by atoms with Gasteiger partial charge in [0.1, 0.15) is 12.6 Å². The molecular formula is C30H36BrN3O4S. The first-order chi connectivity index (χ1) is 18.4. The van der Waals surface area contributed by atoms with Crippen LogP contribution in [0.25, 0.3) is 0 Å². The topological polar surface area (TPSA) is 86.8 Å². The first kappa shape index (κ1) is 30.4. The molecule has 1 N–H and O–H groups in total. The van der Waals surface area contributed by atoms with Gasteiger partial charge in [-0.3, -0.25) is 13.9 Å². The van der Waals surface area contributed by atoms with Gasteiger partial charge in [0.25, 0.3) is 10.0 Å². The smallest absolute Gasteiger partial charge is 0.264 e. The van der Waals surface area contributed by atoms with Crippen LogP contribution in [0.4, 0.5) is 5.69 Å². The standard InChI is InChI=1S/C30H36BrN3O4S/c1-6-28(30(36)32-21(2)3)33(19-24-10-7-9-23(5)17-24)29(35)20-34(26-12-8-11-25(31)18-26)39(37,38)27-15-13-22(4)14-16-27/h7-18,21,28H,6,19-20H2,1-5H3,(H,32,36)/t28-/m0/s1. The number of benzene rings is 3. The highest BCUT2D eigenvalue weighted by molar-refractivity contribution is 9.10. The number of carbonyl (C=O) groups is 2. The van der Waals surface area contributed by atoms with E-state index in [-0.39, 0.29) is 23.4 Å². The normalized spacial score (nSPS) is 12.2. The molecule has 2 amide bonds. The lowest BCUT2D eigenvalue weighted by molar-refractivity contribution is -0.140. The van der Waals surface area contributed by atoms with Crippen LogP contribution in [0.3, 0.4) is 0 Å². The molecule has 0 radical (unpaired) electrons. The van der Waals surface area contributed by atoms with Gasteiger partial charge in [0, 0.05) is 17.1 Å². The molecule has 1 atom stereocenters. The Morgan fingerprint density at radius 1 is 0.923 bits per heavy atom. The Kier molecular flexibility index (Phi) is 10.3. The Morgan fingerprint density at radius 3 is 2.18 bits per heavy atom. The van der Waals surface area contributed by atoms with Crippen molar-refractivity contribution in [2.75, 3.05) is 10.8 Å². The first-order valence-electron chi connectivity index (χ1n) is 12.9. The Labute approximate surface area is 240 Å². The number of nitrogens with zero attached hydrogens (tertiary/aromatic N) is 2. The van der Waals surface area contributed by atoms with Crippen LogP contribution in [-0.2, 0) is 26.2 Å². The van der Waals surface area contributed by atoms with E-state index >= 15 is 0 Å². The first-order valence-corrected chi connectivity index (χ1v) is 15.2. The van der Waals surface area contributed by atoms with Gasteiger partial charge in [-0.1, -0.05) is 76.4 Å². The molecule has 0 aliphatic rings. The van der Waals surface area contributed by atoms with E-state index < -0.39 is 28.5 Å². The summed E-state index contributed by atoms with van der Waals surface area (Å²) < 4.78 is 29.6. The quantitative estimate of drug-likeness (QED) is 0.305. The number of sulfonamides is 1. The Bertz CT molecular complexity index is 1410. The van der Waals surface area contributed by atoms with E-state index in [1.54, 1.807) is 36.4 Å². The molecule has 0 aliphatic carbocycles. The molecule has 0 saturated carbocycles. The van der Waals surface area contributed by atoms with Gasteiger partial charge in [0.2, 0.25) is 11.8 Å². The van der Waals surface area contributed by atoms with Crippen LogP contribution in [0.2, 0.25) is 0 Å². The van der Waals surface area contributed by atoms with Crippen LogP contribution in [0.15, 0.2) is 82.2 Å². The summed E-state index contributed by atoms with van der Waals surface area (Å²) in [5.74, 6) is -0.748. The lowest BCUT2D eigenvalue weighted by atomic mass is 10.1. The van der Waals surface area contributed by atoms with Gasteiger partial charge in [0.15, 0.2) is 0 Å². The number of halogens is 1. The van der Waals surface area contributed by atoms with Crippen molar-refractivity contribution in [3.05, 3.63) is 94.0 Å². The van der Waals surface area contributed by atoms with Gasteiger partial charge in [-0.2, -0.15) is 0 Å². The summed E-state index contributed by atoms with van der Waals surface area (Å²) in [6.07, 6.45) is 0.373. The van der Waals surface area contributed by atoms with Crippen molar-refractivity contribution in [2.24, 2.45) is 0 Å². The van der Waals surface area contributed by atoms with Gasteiger partial charge in [-0.15, -0.1) is 0 Å². The second-order valence-electron chi connectivity index (χ2n) is 9.90. The van der Waals surface area contributed by atoms with Crippen molar-refractivity contribution in [2.45, 2.75) is 64.6 Å². The van der Waals surface area contributed by atoms with E-state index in [4.69, 9.17) is 0 Å². The molecular weight excluding hydrogens is 578 g/mol. The van der Waals surface area contributed by atoms with Crippen LogP contribution >= 0.6 is 15.9 Å². The van der Waals surface area contributed by atoms with E-state index in [1.807, 2.05) is 58.9 Å². The molecule has 0 saturated heterocycles. The summed E-state index contributed by atoms with van der Waals surface area (Å²) in [7, 11) is -4.10. The maximum Gasteiger partial charge on any atom is 0.264 e. The predicted octanol–water partition coefficient (Wildman–Crippen LogP) is 5.59. The molecule has 3 aromatic rings. The average Bonchev–Trinajstić information content (AvgIpc) is 2.86. The number of amides is 2. The number of aryl methyl sites for hydroxylation is 2. The van der Waals surface area contributed by atoms with Crippen molar-refractivity contribution in [3.63, 3.8) is 0 Å². The summed E-state index contributed by atoms with van der Waals surface area (Å²) in [6, 6.07) is 20.2. The zero-order valence-corrected chi connectivity index (χ0v) is 25.4. The summed E-state index contributed by atoms with van der Waals surface area (Å²) >= 11 is 3.42. The summed E-state index contributed by atoms with van der Waals surface area (Å²) in [5.41, 5.74) is 3.14. The maximum atomic E-state index is 14.1. The van der Waals surface area contributed by atoms with E-state index in [0.717, 1.165) is 21.0 Å².